The second-order valence-corrected chi connectivity index (χ2v) is 12.1. The Kier molecular flexibility index (Phi) is 11.4. The number of hydrogen-bond donors (Lipinski definition) is 2. The van der Waals surface area contributed by atoms with Crippen molar-refractivity contribution in [2.24, 2.45) is 7.05 Å². The molecule has 2 aliphatic rings. The zero-order valence-corrected chi connectivity index (χ0v) is 27.8. The van der Waals surface area contributed by atoms with E-state index in [1.807, 2.05) is 49.5 Å². The fourth-order valence-corrected chi connectivity index (χ4v) is 6.56. The van der Waals surface area contributed by atoms with Crippen LogP contribution in [0.4, 0.5) is 0 Å². The molecule has 0 saturated heterocycles. The third-order valence-corrected chi connectivity index (χ3v) is 8.99. The van der Waals surface area contributed by atoms with Gasteiger partial charge in [0, 0.05) is 62.5 Å². The Morgan fingerprint density at radius 3 is 2.47 bits per heavy atom. The maximum Gasteiger partial charge on any atom is 0.272 e. The summed E-state index contributed by atoms with van der Waals surface area (Å²) in [6.45, 7) is 2.43. The van der Waals surface area contributed by atoms with E-state index in [0.717, 1.165) is 28.8 Å². The number of fused-ring (bicyclic) bond motifs is 1. The molecule has 2 N–H and O–H groups in total. The minimum absolute atomic E-state index is 0.0119. The van der Waals surface area contributed by atoms with Crippen LogP contribution >= 0.6 is 0 Å². The Bertz CT molecular complexity index is 1560. The molecule has 1 atom stereocenters. The molecule has 3 aromatic rings. The lowest BCUT2D eigenvalue weighted by molar-refractivity contribution is -0.136. The van der Waals surface area contributed by atoms with E-state index in [1.165, 1.54) is 0 Å². The largest absolute Gasteiger partial charge is 0.493 e. The van der Waals surface area contributed by atoms with Gasteiger partial charge in [0.25, 0.3) is 5.91 Å². The minimum Gasteiger partial charge on any atom is -0.493 e. The summed E-state index contributed by atoms with van der Waals surface area (Å²) in [5.74, 6) is 1.16. The fourth-order valence-electron chi connectivity index (χ4n) is 6.56. The van der Waals surface area contributed by atoms with Gasteiger partial charge in [-0.05, 0) is 50.3 Å². The standard InChI is InChI=1S/C35H46N6O6/c1-39-28-14-13-26-21-27(28)32(38-39)35(44)36-17-20-40(22-25-12-15-29(45-2)34(47-4)33(25)46-3)18-8-11-31(43)41(23-30(42)37-26)19-16-24-9-6-5-7-10-24/h5-7,9-10,12,15,26H,8,11,13-14,16-23H2,1-4H3,(H,36,44)(H,37,42). The molecule has 1 aliphatic carbocycles. The van der Waals surface area contributed by atoms with Gasteiger partial charge in [0.15, 0.2) is 17.2 Å². The van der Waals surface area contributed by atoms with E-state index in [2.05, 4.69) is 20.6 Å². The normalized spacial score (nSPS) is 18.3. The van der Waals surface area contributed by atoms with E-state index in [4.69, 9.17) is 14.2 Å². The molecule has 0 fully saturated rings. The summed E-state index contributed by atoms with van der Waals surface area (Å²) in [6.07, 6.45) is 3.48. The Balaban J connectivity index is 1.39. The predicted molar refractivity (Wildman–Crippen MR) is 177 cm³/mol. The first-order chi connectivity index (χ1) is 22.8. The smallest absolute Gasteiger partial charge is 0.272 e. The number of nitrogens with zero attached hydrogens (tertiary/aromatic N) is 4. The molecule has 2 bridgehead atoms. The summed E-state index contributed by atoms with van der Waals surface area (Å²) in [5, 5.41) is 10.8. The van der Waals surface area contributed by atoms with Crippen LogP contribution in [-0.2, 0) is 42.4 Å². The number of benzene rings is 2. The average Bonchev–Trinajstić information content (AvgIpc) is 3.41. The third-order valence-electron chi connectivity index (χ3n) is 8.99. The molecule has 2 heterocycles. The number of aryl methyl sites for hydroxylation is 1. The number of hydrogen-bond acceptors (Lipinski definition) is 8. The molecule has 0 saturated carbocycles. The number of ether oxygens (including phenoxy) is 3. The summed E-state index contributed by atoms with van der Waals surface area (Å²) < 4.78 is 18.6. The zero-order chi connectivity index (χ0) is 33.3. The molecule has 1 unspecified atom stereocenters. The lowest BCUT2D eigenvalue weighted by atomic mass is 9.91. The highest BCUT2D eigenvalue weighted by atomic mass is 16.5. The molecule has 3 amide bonds. The van der Waals surface area contributed by atoms with Crippen molar-refractivity contribution in [1.82, 2.24) is 30.2 Å². The molecular formula is C35H46N6O6. The number of carbonyl (C=O) groups excluding carboxylic acids is 3. The molecule has 12 heteroatoms. The molecule has 1 aromatic heterocycles. The van der Waals surface area contributed by atoms with Crippen LogP contribution in [-0.4, -0.2) is 97.4 Å². The predicted octanol–water partition coefficient (Wildman–Crippen LogP) is 2.52. The highest BCUT2D eigenvalue weighted by Crippen LogP contribution is 2.40. The van der Waals surface area contributed by atoms with Crippen molar-refractivity contribution in [3.8, 4) is 17.2 Å². The molecule has 12 nitrogen and oxygen atoms in total. The summed E-state index contributed by atoms with van der Waals surface area (Å²) >= 11 is 0. The second kappa shape index (κ2) is 15.8. The van der Waals surface area contributed by atoms with Crippen LogP contribution < -0.4 is 24.8 Å². The van der Waals surface area contributed by atoms with E-state index >= 15 is 0 Å². The van der Waals surface area contributed by atoms with Gasteiger partial charge in [-0.15, -0.1) is 0 Å². The van der Waals surface area contributed by atoms with Crippen LogP contribution in [0.3, 0.4) is 0 Å². The van der Waals surface area contributed by atoms with Crippen molar-refractivity contribution >= 4 is 17.7 Å². The number of aromatic nitrogens is 2. The number of amides is 3. The van der Waals surface area contributed by atoms with Crippen LogP contribution in [0.1, 0.15) is 52.1 Å². The fraction of sp³-hybridized carbons (Fsp3) is 0.486. The first-order valence-corrected chi connectivity index (χ1v) is 16.3. The average molecular weight is 647 g/mol. The zero-order valence-electron chi connectivity index (χ0n) is 27.8. The van der Waals surface area contributed by atoms with E-state index in [9.17, 15) is 14.4 Å². The molecule has 2 aromatic carbocycles. The highest BCUT2D eigenvalue weighted by molar-refractivity contribution is 5.94. The lowest BCUT2D eigenvalue weighted by Crippen LogP contribution is -2.46. The Morgan fingerprint density at radius 2 is 1.72 bits per heavy atom. The minimum atomic E-state index is -0.232. The Labute approximate surface area is 276 Å². The second-order valence-electron chi connectivity index (χ2n) is 12.1. The van der Waals surface area contributed by atoms with E-state index in [-0.39, 0.29) is 36.7 Å². The van der Waals surface area contributed by atoms with Crippen molar-refractivity contribution in [3.05, 3.63) is 70.5 Å². The van der Waals surface area contributed by atoms with Crippen molar-refractivity contribution in [2.45, 2.75) is 51.1 Å². The van der Waals surface area contributed by atoms with Gasteiger partial charge >= 0.3 is 0 Å². The summed E-state index contributed by atoms with van der Waals surface area (Å²) in [7, 11) is 6.60. The van der Waals surface area contributed by atoms with Crippen molar-refractivity contribution in [2.75, 3.05) is 54.1 Å². The van der Waals surface area contributed by atoms with Crippen molar-refractivity contribution in [1.29, 1.82) is 0 Å². The topological polar surface area (TPSA) is 127 Å². The number of carbonyl (C=O) groups is 3. The molecule has 47 heavy (non-hydrogen) atoms. The van der Waals surface area contributed by atoms with Gasteiger partial charge in [0.05, 0.1) is 27.9 Å². The van der Waals surface area contributed by atoms with Crippen molar-refractivity contribution < 1.29 is 28.6 Å². The van der Waals surface area contributed by atoms with Crippen LogP contribution in [0.5, 0.6) is 17.2 Å². The molecule has 0 radical (unpaired) electrons. The number of methoxy groups -OCH3 is 3. The molecular weight excluding hydrogens is 600 g/mol. The van der Waals surface area contributed by atoms with Crippen LogP contribution in [0, 0.1) is 0 Å². The summed E-state index contributed by atoms with van der Waals surface area (Å²) in [4.78, 5) is 44.2. The summed E-state index contributed by atoms with van der Waals surface area (Å²) in [5.41, 5.74) is 4.29. The summed E-state index contributed by atoms with van der Waals surface area (Å²) in [6, 6.07) is 13.6. The third kappa shape index (κ3) is 8.23. The van der Waals surface area contributed by atoms with E-state index in [0.29, 0.717) is 81.3 Å². The quantitative estimate of drug-likeness (QED) is 0.383. The highest BCUT2D eigenvalue weighted by Gasteiger charge is 2.30. The first-order valence-electron chi connectivity index (χ1n) is 16.3. The Hall–Kier alpha value is -4.58. The SMILES string of the molecule is COc1ccc(CN2CCCC(=O)N(CCc3ccccc3)CC(=O)NC3CCc4c(c(nn4C)C(=O)NCC2)C3)c(OC)c1OC. The molecule has 1 aliphatic heterocycles. The van der Waals surface area contributed by atoms with Gasteiger partial charge in [-0.1, -0.05) is 36.4 Å². The van der Waals surface area contributed by atoms with Gasteiger partial charge < -0.3 is 29.7 Å². The number of nitrogens with one attached hydrogen (secondary N) is 2. The van der Waals surface area contributed by atoms with E-state index in [1.54, 1.807) is 30.9 Å². The van der Waals surface area contributed by atoms with Crippen molar-refractivity contribution in [3.63, 3.8) is 0 Å². The van der Waals surface area contributed by atoms with Crippen LogP contribution in [0.15, 0.2) is 42.5 Å². The van der Waals surface area contributed by atoms with Gasteiger partial charge in [0.1, 0.15) is 0 Å². The molecule has 0 spiro atoms. The lowest BCUT2D eigenvalue weighted by Gasteiger charge is -2.27. The first kappa shape index (κ1) is 33.8. The Morgan fingerprint density at radius 1 is 0.936 bits per heavy atom. The maximum atomic E-state index is 13.6. The molecule has 5 rings (SSSR count). The van der Waals surface area contributed by atoms with Gasteiger partial charge in [-0.3, -0.25) is 24.0 Å². The van der Waals surface area contributed by atoms with Gasteiger partial charge in [-0.2, -0.15) is 5.10 Å². The van der Waals surface area contributed by atoms with E-state index < -0.39 is 0 Å². The monoisotopic (exact) mass is 646 g/mol. The van der Waals surface area contributed by atoms with Crippen LogP contribution in [0.2, 0.25) is 0 Å². The molecule has 252 valence electrons. The van der Waals surface area contributed by atoms with Gasteiger partial charge in [-0.25, -0.2) is 0 Å². The maximum absolute atomic E-state index is 13.6. The van der Waals surface area contributed by atoms with Gasteiger partial charge in [0.2, 0.25) is 17.6 Å². The number of rotatable bonds is 8. The van der Waals surface area contributed by atoms with Crippen LogP contribution in [0.25, 0.3) is 0 Å².